The predicted molar refractivity (Wildman–Crippen MR) is 39.2 cm³/mol. The fourth-order valence-corrected chi connectivity index (χ4v) is 1.17. The van der Waals surface area contributed by atoms with Gasteiger partial charge in [-0.3, -0.25) is 4.18 Å². The van der Waals surface area contributed by atoms with E-state index in [1.165, 1.54) is 0 Å². The smallest absolute Gasteiger partial charge is 0.264 e. The van der Waals surface area contributed by atoms with E-state index < -0.39 is 10.1 Å². The number of thiol groups is 1. The van der Waals surface area contributed by atoms with E-state index in [-0.39, 0.29) is 6.10 Å². The van der Waals surface area contributed by atoms with Gasteiger partial charge in [0.25, 0.3) is 10.1 Å². The van der Waals surface area contributed by atoms with E-state index in [9.17, 15) is 8.42 Å². The Morgan fingerprint density at radius 3 is 2.22 bits per heavy atom. The summed E-state index contributed by atoms with van der Waals surface area (Å²) >= 11 is 3.84. The van der Waals surface area contributed by atoms with E-state index >= 15 is 0 Å². The summed E-state index contributed by atoms with van der Waals surface area (Å²) in [6.07, 6.45) is 0.691. The van der Waals surface area contributed by atoms with Crippen molar-refractivity contribution in [3.63, 3.8) is 0 Å². The summed E-state index contributed by atoms with van der Waals surface area (Å²) in [6.45, 7) is 1.65. The first-order chi connectivity index (χ1) is 3.95. The molecule has 0 rings (SSSR count). The minimum atomic E-state index is -3.28. The van der Waals surface area contributed by atoms with Crippen LogP contribution in [-0.4, -0.2) is 26.5 Å². The highest BCUT2D eigenvalue weighted by Crippen LogP contribution is 1.97. The van der Waals surface area contributed by atoms with Crippen molar-refractivity contribution in [3.8, 4) is 0 Å². The lowest BCUT2D eigenvalue weighted by Crippen LogP contribution is -2.14. The molecule has 3 nitrogen and oxygen atoms in total. The van der Waals surface area contributed by atoms with Crippen LogP contribution in [-0.2, 0) is 14.3 Å². The fourth-order valence-electron chi connectivity index (χ4n) is 0.329. The van der Waals surface area contributed by atoms with Crippen molar-refractivity contribution in [2.75, 3.05) is 12.0 Å². The molecule has 5 heteroatoms. The summed E-state index contributed by atoms with van der Waals surface area (Å²) in [5.74, 6) is 0.410. The van der Waals surface area contributed by atoms with Gasteiger partial charge in [-0.05, 0) is 6.92 Å². The highest BCUT2D eigenvalue weighted by molar-refractivity contribution is 7.86. The van der Waals surface area contributed by atoms with Crippen molar-refractivity contribution in [3.05, 3.63) is 0 Å². The maximum absolute atomic E-state index is 10.3. The molecule has 1 atom stereocenters. The molecule has 0 aromatic rings. The Labute approximate surface area is 60.9 Å². The largest absolute Gasteiger partial charge is 0.266 e. The Morgan fingerprint density at radius 1 is 1.67 bits per heavy atom. The molecule has 0 aromatic heterocycles. The summed E-state index contributed by atoms with van der Waals surface area (Å²) in [7, 11) is -3.28. The molecule has 0 aliphatic heterocycles. The van der Waals surface area contributed by atoms with Gasteiger partial charge in [-0.25, -0.2) is 0 Å². The Balaban J connectivity index is 3.75. The van der Waals surface area contributed by atoms with Crippen LogP contribution >= 0.6 is 12.6 Å². The van der Waals surface area contributed by atoms with Crippen molar-refractivity contribution >= 4 is 22.7 Å². The van der Waals surface area contributed by atoms with E-state index in [0.717, 1.165) is 6.26 Å². The summed E-state index contributed by atoms with van der Waals surface area (Å²) in [5, 5.41) is 0. The quantitative estimate of drug-likeness (QED) is 0.489. The topological polar surface area (TPSA) is 43.4 Å². The van der Waals surface area contributed by atoms with Crippen molar-refractivity contribution in [2.24, 2.45) is 0 Å². The molecule has 0 bridgehead atoms. The van der Waals surface area contributed by atoms with Crippen LogP contribution in [0, 0.1) is 0 Å². The van der Waals surface area contributed by atoms with Gasteiger partial charge in [0.1, 0.15) is 0 Å². The first-order valence-electron chi connectivity index (χ1n) is 2.45. The number of rotatable bonds is 3. The summed E-state index contributed by atoms with van der Waals surface area (Å²) in [4.78, 5) is 0. The molecule has 0 radical (unpaired) electrons. The average molecular weight is 170 g/mol. The van der Waals surface area contributed by atoms with Gasteiger partial charge in [-0.1, -0.05) is 0 Å². The maximum Gasteiger partial charge on any atom is 0.264 e. The highest BCUT2D eigenvalue weighted by Gasteiger charge is 2.06. The third kappa shape index (κ3) is 6.14. The second-order valence-electron chi connectivity index (χ2n) is 1.79. The van der Waals surface area contributed by atoms with Gasteiger partial charge >= 0.3 is 0 Å². The predicted octanol–water partition coefficient (Wildman–Crippen LogP) is 0.281. The molecule has 0 aliphatic rings. The lowest BCUT2D eigenvalue weighted by atomic mass is 10.5. The molecule has 0 saturated carbocycles. The van der Waals surface area contributed by atoms with Crippen molar-refractivity contribution in [2.45, 2.75) is 13.0 Å². The molecule has 1 unspecified atom stereocenters. The van der Waals surface area contributed by atoms with E-state index in [4.69, 9.17) is 0 Å². The Morgan fingerprint density at radius 2 is 2.11 bits per heavy atom. The maximum atomic E-state index is 10.3. The zero-order valence-corrected chi connectivity index (χ0v) is 7.08. The van der Waals surface area contributed by atoms with Gasteiger partial charge in [0.05, 0.1) is 12.4 Å². The molecule has 0 heterocycles. The molecule has 56 valence electrons. The molecule has 0 spiro atoms. The summed E-state index contributed by atoms with van der Waals surface area (Å²) < 4.78 is 25.2. The van der Waals surface area contributed by atoms with Gasteiger partial charge in [-0.2, -0.15) is 21.0 Å². The summed E-state index contributed by atoms with van der Waals surface area (Å²) in [6, 6.07) is 0. The molecule has 0 saturated heterocycles. The van der Waals surface area contributed by atoms with Crippen LogP contribution in [0.5, 0.6) is 0 Å². The number of hydrogen-bond donors (Lipinski definition) is 1. The van der Waals surface area contributed by atoms with Crippen molar-refractivity contribution in [1.29, 1.82) is 0 Å². The van der Waals surface area contributed by atoms with Gasteiger partial charge in [0.15, 0.2) is 0 Å². The van der Waals surface area contributed by atoms with Crippen molar-refractivity contribution in [1.82, 2.24) is 0 Å². The van der Waals surface area contributed by atoms with Gasteiger partial charge in [0.2, 0.25) is 0 Å². The van der Waals surface area contributed by atoms with E-state index in [1.807, 2.05) is 0 Å². The standard InChI is InChI=1S/C4H10O3S2/c1-4(3-8)7-9(2,5)6/h4,8H,3H2,1-2H3. The van der Waals surface area contributed by atoms with Crippen LogP contribution in [0.1, 0.15) is 6.92 Å². The van der Waals surface area contributed by atoms with Crippen LogP contribution in [0.25, 0.3) is 0 Å². The molecule has 0 amide bonds. The zero-order chi connectivity index (χ0) is 7.49. The Hall–Kier alpha value is 0.260. The molecule has 0 N–H and O–H groups in total. The van der Waals surface area contributed by atoms with E-state index in [0.29, 0.717) is 5.75 Å². The highest BCUT2D eigenvalue weighted by atomic mass is 32.2. The molecular formula is C4H10O3S2. The number of hydrogen-bond acceptors (Lipinski definition) is 4. The second kappa shape index (κ2) is 3.43. The first kappa shape index (κ1) is 9.26. The summed E-state index contributed by atoms with van der Waals surface area (Å²) in [5.41, 5.74) is 0. The fraction of sp³-hybridized carbons (Fsp3) is 1.00. The normalized spacial score (nSPS) is 15.4. The van der Waals surface area contributed by atoms with Crippen LogP contribution in [0.15, 0.2) is 0 Å². The molecule has 9 heavy (non-hydrogen) atoms. The van der Waals surface area contributed by atoms with Gasteiger partial charge < -0.3 is 0 Å². The third-order valence-electron chi connectivity index (χ3n) is 0.596. The lowest BCUT2D eigenvalue weighted by Gasteiger charge is -2.05. The molecule has 0 aliphatic carbocycles. The van der Waals surface area contributed by atoms with Crippen LogP contribution in [0.4, 0.5) is 0 Å². The average Bonchev–Trinajstić information content (AvgIpc) is 1.62. The first-order valence-corrected chi connectivity index (χ1v) is 4.89. The Kier molecular flexibility index (Phi) is 3.53. The monoisotopic (exact) mass is 170 g/mol. The minimum absolute atomic E-state index is 0.330. The van der Waals surface area contributed by atoms with Crippen LogP contribution in [0.3, 0.4) is 0 Å². The minimum Gasteiger partial charge on any atom is -0.266 e. The van der Waals surface area contributed by atoms with Gasteiger partial charge in [0, 0.05) is 5.75 Å². The second-order valence-corrected chi connectivity index (χ2v) is 3.76. The zero-order valence-electron chi connectivity index (χ0n) is 5.36. The van der Waals surface area contributed by atoms with Gasteiger partial charge in [-0.15, -0.1) is 0 Å². The third-order valence-corrected chi connectivity index (χ3v) is 1.79. The van der Waals surface area contributed by atoms with Crippen LogP contribution in [0.2, 0.25) is 0 Å². The van der Waals surface area contributed by atoms with E-state index in [1.54, 1.807) is 6.92 Å². The molecular weight excluding hydrogens is 160 g/mol. The molecule has 0 aromatic carbocycles. The Bertz CT molecular complexity index is 161. The van der Waals surface area contributed by atoms with Crippen molar-refractivity contribution < 1.29 is 12.6 Å². The molecule has 0 fully saturated rings. The lowest BCUT2D eigenvalue weighted by molar-refractivity contribution is 0.256. The SMILES string of the molecule is CC(CS)OS(C)(=O)=O. The van der Waals surface area contributed by atoms with Crippen LogP contribution < -0.4 is 0 Å². The van der Waals surface area contributed by atoms with E-state index in [2.05, 4.69) is 16.8 Å².